The molecule has 1 aromatic carbocycles. The van der Waals surface area contributed by atoms with Gasteiger partial charge >= 0.3 is 0 Å². The molecule has 7 heteroatoms. The minimum absolute atomic E-state index is 0.243. The molecule has 0 saturated heterocycles. The van der Waals surface area contributed by atoms with E-state index in [0.29, 0.717) is 0 Å². The van der Waals surface area contributed by atoms with Gasteiger partial charge in [-0.25, -0.2) is 9.36 Å². The van der Waals surface area contributed by atoms with Gasteiger partial charge in [0.15, 0.2) is 0 Å². The first-order valence-electron chi connectivity index (χ1n) is 9.76. The lowest BCUT2D eigenvalue weighted by molar-refractivity contribution is 0.0742. The van der Waals surface area contributed by atoms with Crippen LogP contribution in [0.25, 0.3) is 22.5 Å². The molecule has 2 heterocycles. The average molecular weight is 393 g/mol. The Morgan fingerprint density at radius 1 is 0.862 bits per heavy atom. The minimum Gasteiger partial charge on any atom is -0.366 e. The highest BCUT2D eigenvalue weighted by Gasteiger charge is 2.14. The van der Waals surface area contributed by atoms with Crippen LogP contribution >= 0.6 is 0 Å². The first kappa shape index (κ1) is 20.7. The van der Waals surface area contributed by atoms with Crippen LogP contribution in [0.5, 0.6) is 0 Å². The second-order valence-electron chi connectivity index (χ2n) is 8.12. The van der Waals surface area contributed by atoms with Crippen molar-refractivity contribution in [1.82, 2.24) is 30.0 Å². The maximum atomic E-state index is 5.42. The van der Waals surface area contributed by atoms with Crippen LogP contribution < -0.4 is 0 Å². The van der Waals surface area contributed by atoms with E-state index in [1.54, 1.807) is 7.11 Å². The molecule has 0 spiro atoms. The molecule has 0 aliphatic heterocycles. The maximum Gasteiger partial charge on any atom is 0.123 e. The molecule has 29 heavy (non-hydrogen) atoms. The van der Waals surface area contributed by atoms with Crippen molar-refractivity contribution in [2.24, 2.45) is 0 Å². The molecule has 0 aliphatic carbocycles. The topological polar surface area (TPSA) is 70.7 Å². The molecule has 7 nitrogen and oxygen atoms in total. The smallest absolute Gasteiger partial charge is 0.123 e. The lowest BCUT2D eigenvalue weighted by Crippen LogP contribution is -2.19. The van der Waals surface area contributed by atoms with Gasteiger partial charge in [-0.2, -0.15) is 0 Å². The van der Waals surface area contributed by atoms with Crippen LogP contribution in [0.15, 0.2) is 30.6 Å². The fourth-order valence-corrected chi connectivity index (χ4v) is 2.59. The molecule has 0 N–H and O–H groups in total. The summed E-state index contributed by atoms with van der Waals surface area (Å²) < 4.78 is 9.11. The Morgan fingerprint density at radius 2 is 1.34 bits per heavy atom. The number of nitrogens with zero attached hydrogens (tertiary/aromatic N) is 6. The third kappa shape index (κ3) is 4.90. The van der Waals surface area contributed by atoms with Crippen molar-refractivity contribution in [3.63, 3.8) is 0 Å². The van der Waals surface area contributed by atoms with E-state index in [2.05, 4.69) is 66.2 Å². The van der Waals surface area contributed by atoms with Crippen LogP contribution in [0.4, 0.5) is 0 Å². The summed E-state index contributed by atoms with van der Waals surface area (Å²) in [5, 5.41) is 17.1. The molecule has 152 valence electrons. The first-order chi connectivity index (χ1) is 13.7. The number of hydrogen-bond acceptors (Lipinski definition) is 5. The second kappa shape index (κ2) is 8.18. The van der Waals surface area contributed by atoms with E-state index in [0.717, 1.165) is 28.1 Å². The van der Waals surface area contributed by atoms with Crippen molar-refractivity contribution < 1.29 is 4.74 Å². The Labute approximate surface area is 172 Å². The Balaban J connectivity index is 2.10. The summed E-state index contributed by atoms with van der Waals surface area (Å²) in [7, 11) is 1.66. The van der Waals surface area contributed by atoms with E-state index in [4.69, 9.17) is 4.74 Å². The van der Waals surface area contributed by atoms with Crippen molar-refractivity contribution >= 4 is 0 Å². The van der Waals surface area contributed by atoms with Gasteiger partial charge in [0.1, 0.15) is 17.0 Å². The van der Waals surface area contributed by atoms with Gasteiger partial charge in [0.2, 0.25) is 0 Å². The lowest BCUT2D eigenvalue weighted by Gasteiger charge is -2.14. The quantitative estimate of drug-likeness (QED) is 0.610. The van der Waals surface area contributed by atoms with E-state index in [-0.39, 0.29) is 12.1 Å². The third-order valence-corrected chi connectivity index (χ3v) is 4.62. The van der Waals surface area contributed by atoms with E-state index in [1.165, 1.54) is 0 Å². The molecule has 2 aromatic heterocycles. The van der Waals surface area contributed by atoms with Gasteiger partial charge in [-0.1, -0.05) is 22.3 Å². The van der Waals surface area contributed by atoms with Gasteiger partial charge in [0, 0.05) is 35.9 Å². The average Bonchev–Trinajstić information content (AvgIpc) is 3.36. The van der Waals surface area contributed by atoms with Crippen molar-refractivity contribution in [2.45, 2.75) is 59.2 Å². The number of aromatic nitrogens is 6. The van der Waals surface area contributed by atoms with Gasteiger partial charge in [-0.3, -0.25) is 0 Å². The van der Waals surface area contributed by atoms with Crippen LogP contribution in [0.3, 0.4) is 0 Å². The Kier molecular flexibility index (Phi) is 5.85. The highest BCUT2D eigenvalue weighted by molar-refractivity contribution is 5.71. The number of ether oxygens (including phenoxy) is 1. The summed E-state index contributed by atoms with van der Waals surface area (Å²) >= 11 is 0. The predicted molar refractivity (Wildman–Crippen MR) is 113 cm³/mol. The van der Waals surface area contributed by atoms with E-state index in [1.807, 2.05) is 47.7 Å². The van der Waals surface area contributed by atoms with Crippen molar-refractivity contribution in [3.05, 3.63) is 36.2 Å². The molecule has 0 saturated carbocycles. The van der Waals surface area contributed by atoms with Gasteiger partial charge in [-0.15, -0.1) is 10.2 Å². The number of hydrogen-bond donors (Lipinski definition) is 0. The summed E-state index contributed by atoms with van der Waals surface area (Å²) in [5.74, 6) is 6.40. The molecule has 0 amide bonds. The van der Waals surface area contributed by atoms with Crippen LogP contribution in [-0.4, -0.2) is 42.7 Å². The Bertz CT molecular complexity index is 984. The summed E-state index contributed by atoms with van der Waals surface area (Å²) in [6.45, 7) is 12.2. The van der Waals surface area contributed by atoms with E-state index in [9.17, 15) is 0 Å². The molecular weight excluding hydrogens is 364 g/mol. The molecule has 0 unspecified atom stereocenters. The number of benzene rings is 1. The standard InChI is InChI=1S/C22H28N6O/c1-15(2)27-13-20(23-25-27)18-10-17(8-9-22(5,6)29-7)11-19(12-18)21-14-28(16(3)4)26-24-21/h10-16H,1-7H3. The third-order valence-electron chi connectivity index (χ3n) is 4.62. The molecule has 0 aliphatic rings. The summed E-state index contributed by atoms with van der Waals surface area (Å²) in [4.78, 5) is 0. The number of methoxy groups -OCH3 is 1. The largest absolute Gasteiger partial charge is 0.366 e. The first-order valence-corrected chi connectivity index (χ1v) is 9.76. The fraction of sp³-hybridized carbons (Fsp3) is 0.455. The van der Waals surface area contributed by atoms with Crippen LogP contribution in [-0.2, 0) is 4.74 Å². The van der Waals surface area contributed by atoms with Crippen LogP contribution in [0.2, 0.25) is 0 Å². The van der Waals surface area contributed by atoms with Gasteiger partial charge in [-0.05, 0) is 59.7 Å². The molecule has 3 aromatic rings. The summed E-state index contributed by atoms with van der Waals surface area (Å²) in [6.07, 6.45) is 3.90. The Morgan fingerprint density at radius 3 is 1.72 bits per heavy atom. The minimum atomic E-state index is -0.530. The summed E-state index contributed by atoms with van der Waals surface area (Å²) in [6, 6.07) is 6.57. The van der Waals surface area contributed by atoms with Crippen LogP contribution in [0, 0.1) is 11.8 Å². The molecule has 0 fully saturated rings. The number of rotatable bonds is 5. The van der Waals surface area contributed by atoms with Crippen molar-refractivity contribution in [2.75, 3.05) is 7.11 Å². The highest BCUT2D eigenvalue weighted by Crippen LogP contribution is 2.27. The Hall–Kier alpha value is -2.98. The second-order valence-corrected chi connectivity index (χ2v) is 8.12. The molecule has 0 bridgehead atoms. The fourth-order valence-electron chi connectivity index (χ4n) is 2.59. The summed E-state index contributed by atoms with van der Waals surface area (Å²) in [5.41, 5.74) is 3.80. The zero-order chi connectivity index (χ0) is 21.2. The monoisotopic (exact) mass is 392 g/mol. The molecule has 0 radical (unpaired) electrons. The van der Waals surface area contributed by atoms with Gasteiger partial charge in [0.25, 0.3) is 0 Å². The molecular formula is C22H28N6O. The zero-order valence-corrected chi connectivity index (χ0v) is 18.1. The molecule has 0 atom stereocenters. The SMILES string of the molecule is COC(C)(C)C#Cc1cc(-c2cn(C(C)C)nn2)cc(-c2cn(C(C)C)nn2)c1. The predicted octanol–water partition coefficient (Wildman–Crippen LogP) is 4.14. The lowest BCUT2D eigenvalue weighted by atomic mass is 10.0. The van der Waals surface area contributed by atoms with Crippen LogP contribution in [0.1, 0.15) is 59.2 Å². The highest BCUT2D eigenvalue weighted by atomic mass is 16.5. The van der Waals surface area contributed by atoms with Gasteiger partial charge in [0.05, 0.1) is 12.4 Å². The normalized spacial score (nSPS) is 11.8. The van der Waals surface area contributed by atoms with E-state index < -0.39 is 5.60 Å². The van der Waals surface area contributed by atoms with Gasteiger partial charge < -0.3 is 4.74 Å². The van der Waals surface area contributed by atoms with Crippen molar-refractivity contribution in [1.29, 1.82) is 0 Å². The van der Waals surface area contributed by atoms with Crippen molar-refractivity contribution in [3.8, 4) is 34.4 Å². The zero-order valence-electron chi connectivity index (χ0n) is 18.1. The van der Waals surface area contributed by atoms with E-state index >= 15 is 0 Å². The maximum absolute atomic E-state index is 5.42. The molecule has 3 rings (SSSR count).